The molecule has 0 aromatic heterocycles. The van der Waals surface area contributed by atoms with Crippen LogP contribution in [0.2, 0.25) is 0 Å². The standard InChI is InChI=1S/C67H106O5/c1-4-7-10-13-16-19-22-25-28-31-34-36-39-42-45-48-51-54-57-60-66(68)71-64-65(63-70-62-59-56-53-50-47-44-41-38-33-30-27-24-21-18-15-12-9-6-3)72-67(69)61-58-55-52-49-46-43-40-37-35-32-29-26-23-20-17-14-11-8-5-2/h7,9-10,12,16-21,25-30,34-38,41-42,45,51,54,65H,4-6,8,11,13-15,22-24,31-33,39-40,43-44,46-50,52-53,55-64H2,1-3H3/b10-7-,12-9-,19-16-,20-17-,21-18-,28-25-,29-26-,30-27-,36-34-,37-35-,41-38-,45-42-,54-51-. The molecule has 0 saturated carbocycles. The number of hydrogen-bond donors (Lipinski definition) is 0. The number of esters is 2. The minimum Gasteiger partial charge on any atom is -0.462 e. The first-order valence-electron chi connectivity index (χ1n) is 29.0. The van der Waals surface area contributed by atoms with Crippen LogP contribution in [0.3, 0.4) is 0 Å². The van der Waals surface area contributed by atoms with Crippen LogP contribution in [0.5, 0.6) is 0 Å². The van der Waals surface area contributed by atoms with Gasteiger partial charge in [-0.1, -0.05) is 237 Å². The minimum atomic E-state index is -0.598. The fraction of sp³-hybridized carbons (Fsp3) is 0.582. The number of ether oxygens (including phenoxy) is 3. The van der Waals surface area contributed by atoms with E-state index in [1.807, 2.05) is 6.08 Å². The van der Waals surface area contributed by atoms with Crippen LogP contribution in [0.4, 0.5) is 0 Å². The van der Waals surface area contributed by atoms with Crippen LogP contribution in [0.1, 0.15) is 226 Å². The number of rotatable bonds is 51. The molecule has 5 nitrogen and oxygen atoms in total. The zero-order valence-corrected chi connectivity index (χ0v) is 46.4. The zero-order valence-electron chi connectivity index (χ0n) is 46.4. The van der Waals surface area contributed by atoms with Crippen LogP contribution in [-0.4, -0.2) is 37.9 Å². The molecule has 0 aliphatic rings. The molecule has 0 aliphatic heterocycles. The van der Waals surface area contributed by atoms with Gasteiger partial charge in [0.25, 0.3) is 0 Å². The Bertz CT molecular complexity index is 1590. The quantitative estimate of drug-likeness (QED) is 0.0345. The van der Waals surface area contributed by atoms with E-state index in [0.29, 0.717) is 19.4 Å². The summed E-state index contributed by atoms with van der Waals surface area (Å²) in [5.41, 5.74) is 0. The molecule has 0 bridgehead atoms. The van der Waals surface area contributed by atoms with E-state index in [4.69, 9.17) is 14.2 Å². The summed E-state index contributed by atoms with van der Waals surface area (Å²) in [6.45, 7) is 7.42. The summed E-state index contributed by atoms with van der Waals surface area (Å²) in [5, 5.41) is 0. The van der Waals surface area contributed by atoms with Crippen LogP contribution < -0.4 is 0 Å². The van der Waals surface area contributed by atoms with Gasteiger partial charge in [0.2, 0.25) is 0 Å². The Morgan fingerprint density at radius 1 is 0.319 bits per heavy atom. The summed E-state index contributed by atoms with van der Waals surface area (Å²) in [6.07, 6.45) is 89.9. The lowest BCUT2D eigenvalue weighted by Crippen LogP contribution is -2.30. The van der Waals surface area contributed by atoms with E-state index < -0.39 is 6.10 Å². The smallest absolute Gasteiger partial charge is 0.306 e. The molecule has 0 N–H and O–H groups in total. The van der Waals surface area contributed by atoms with Crippen LogP contribution in [-0.2, 0) is 23.8 Å². The Morgan fingerprint density at radius 3 is 1.06 bits per heavy atom. The van der Waals surface area contributed by atoms with Crippen molar-refractivity contribution >= 4 is 11.9 Å². The Morgan fingerprint density at radius 2 is 0.653 bits per heavy atom. The van der Waals surface area contributed by atoms with Crippen molar-refractivity contribution in [1.82, 2.24) is 0 Å². The Kier molecular flexibility index (Phi) is 57.0. The van der Waals surface area contributed by atoms with Crippen LogP contribution in [0, 0.1) is 0 Å². The molecule has 72 heavy (non-hydrogen) atoms. The lowest BCUT2D eigenvalue weighted by atomic mass is 10.1. The van der Waals surface area contributed by atoms with Gasteiger partial charge in [-0.15, -0.1) is 0 Å². The lowest BCUT2D eigenvalue weighted by Gasteiger charge is -2.18. The average Bonchev–Trinajstić information content (AvgIpc) is 3.38. The highest BCUT2D eigenvalue weighted by Gasteiger charge is 2.17. The number of carbonyl (C=O) groups is 2. The molecule has 0 fully saturated rings. The molecule has 1 atom stereocenters. The van der Waals surface area contributed by atoms with E-state index in [1.165, 1.54) is 64.2 Å². The molecule has 0 rings (SSSR count). The van der Waals surface area contributed by atoms with Crippen molar-refractivity contribution in [3.05, 3.63) is 158 Å². The molecule has 1 unspecified atom stereocenters. The Hall–Kier alpha value is -4.48. The second kappa shape index (κ2) is 60.8. The third-order valence-electron chi connectivity index (χ3n) is 11.5. The minimum absolute atomic E-state index is 0.0207. The van der Waals surface area contributed by atoms with Gasteiger partial charge in [0, 0.05) is 19.4 Å². The normalized spacial score (nSPS) is 13.4. The average molecular weight is 992 g/mol. The second-order valence-corrected chi connectivity index (χ2v) is 18.4. The number of carbonyl (C=O) groups excluding carboxylic acids is 2. The number of allylic oxidation sites excluding steroid dienone is 26. The van der Waals surface area contributed by atoms with E-state index in [1.54, 1.807) is 0 Å². The van der Waals surface area contributed by atoms with Gasteiger partial charge in [-0.3, -0.25) is 9.59 Å². The molecule has 0 amide bonds. The summed E-state index contributed by atoms with van der Waals surface area (Å²) in [6, 6.07) is 0. The highest BCUT2D eigenvalue weighted by molar-refractivity contribution is 5.70. The molecule has 404 valence electrons. The van der Waals surface area contributed by atoms with E-state index in [0.717, 1.165) is 122 Å². The maximum Gasteiger partial charge on any atom is 0.306 e. The van der Waals surface area contributed by atoms with Gasteiger partial charge < -0.3 is 14.2 Å². The maximum atomic E-state index is 12.9. The molecule has 0 spiro atoms. The molecule has 5 heteroatoms. The third kappa shape index (κ3) is 58.1. The van der Waals surface area contributed by atoms with Crippen molar-refractivity contribution in [1.29, 1.82) is 0 Å². The largest absolute Gasteiger partial charge is 0.462 e. The van der Waals surface area contributed by atoms with Crippen molar-refractivity contribution in [3.63, 3.8) is 0 Å². The summed E-state index contributed by atoms with van der Waals surface area (Å²) < 4.78 is 17.4. The van der Waals surface area contributed by atoms with Crippen LogP contribution in [0.25, 0.3) is 0 Å². The van der Waals surface area contributed by atoms with Crippen LogP contribution in [0.15, 0.2) is 158 Å². The lowest BCUT2D eigenvalue weighted by molar-refractivity contribution is -0.162. The molecule has 0 saturated heterocycles. The molecule has 0 aliphatic carbocycles. The molecule has 0 aromatic carbocycles. The highest BCUT2D eigenvalue weighted by Crippen LogP contribution is 2.12. The van der Waals surface area contributed by atoms with Crippen LogP contribution >= 0.6 is 0 Å². The van der Waals surface area contributed by atoms with Gasteiger partial charge in [-0.25, -0.2) is 0 Å². The van der Waals surface area contributed by atoms with Crippen molar-refractivity contribution in [2.24, 2.45) is 0 Å². The summed E-state index contributed by atoms with van der Waals surface area (Å²) in [5.74, 6) is -0.530. The van der Waals surface area contributed by atoms with E-state index in [9.17, 15) is 9.59 Å². The topological polar surface area (TPSA) is 61.8 Å². The number of hydrogen-bond acceptors (Lipinski definition) is 5. The fourth-order valence-corrected chi connectivity index (χ4v) is 7.30. The van der Waals surface area contributed by atoms with Gasteiger partial charge in [0.1, 0.15) is 6.61 Å². The summed E-state index contributed by atoms with van der Waals surface area (Å²) in [4.78, 5) is 25.5. The van der Waals surface area contributed by atoms with Crippen molar-refractivity contribution < 1.29 is 23.8 Å². The van der Waals surface area contributed by atoms with E-state index in [2.05, 4.69) is 173 Å². The molecular weight excluding hydrogens is 885 g/mol. The van der Waals surface area contributed by atoms with Crippen molar-refractivity contribution in [2.75, 3.05) is 19.8 Å². The zero-order chi connectivity index (χ0) is 52.0. The van der Waals surface area contributed by atoms with E-state index in [-0.39, 0.29) is 31.6 Å². The second-order valence-electron chi connectivity index (χ2n) is 18.4. The monoisotopic (exact) mass is 991 g/mol. The first-order valence-corrected chi connectivity index (χ1v) is 29.0. The predicted octanol–water partition coefficient (Wildman–Crippen LogP) is 20.2. The van der Waals surface area contributed by atoms with Gasteiger partial charge in [0.15, 0.2) is 6.10 Å². The van der Waals surface area contributed by atoms with Gasteiger partial charge in [0.05, 0.1) is 6.61 Å². The van der Waals surface area contributed by atoms with Gasteiger partial charge in [-0.2, -0.15) is 0 Å². The summed E-state index contributed by atoms with van der Waals surface area (Å²) >= 11 is 0. The highest BCUT2D eigenvalue weighted by atomic mass is 16.6. The Balaban J connectivity index is 4.50. The SMILES string of the molecule is CC/C=C\C/C=C\C/C=C\C/C=C\C/C=C\C/C=C\CCC(=O)OCC(COCCCCCCC/C=C\C/C=C\C/C=C\C/C=C\CC)OC(=O)CCCCCCCC/C=C\C/C=C\C/C=C\CCCCC. The first kappa shape index (κ1) is 67.5. The maximum absolute atomic E-state index is 12.9. The molecule has 0 aromatic rings. The number of unbranched alkanes of at least 4 members (excludes halogenated alkanes) is 14. The van der Waals surface area contributed by atoms with Gasteiger partial charge >= 0.3 is 11.9 Å². The third-order valence-corrected chi connectivity index (χ3v) is 11.5. The fourth-order valence-electron chi connectivity index (χ4n) is 7.30. The Labute approximate surface area is 444 Å². The van der Waals surface area contributed by atoms with Crippen molar-refractivity contribution in [2.45, 2.75) is 232 Å². The van der Waals surface area contributed by atoms with E-state index >= 15 is 0 Å². The molecule has 0 heterocycles. The van der Waals surface area contributed by atoms with Gasteiger partial charge in [-0.05, 0) is 135 Å². The molecule has 0 radical (unpaired) electrons. The first-order chi connectivity index (χ1) is 35.6. The summed E-state index contributed by atoms with van der Waals surface area (Å²) in [7, 11) is 0. The van der Waals surface area contributed by atoms with Crippen molar-refractivity contribution in [3.8, 4) is 0 Å². The molecular formula is C67H106O5. The predicted molar refractivity (Wildman–Crippen MR) is 315 cm³/mol.